The zero-order chi connectivity index (χ0) is 15.9. The number of nitrogens with two attached hydrogens (primary N) is 1. The Morgan fingerprint density at radius 1 is 1.24 bits per heavy atom. The molecule has 0 amide bonds. The Labute approximate surface area is 121 Å². The topological polar surface area (TPSA) is 131 Å². The predicted molar refractivity (Wildman–Crippen MR) is 72.7 cm³/mol. The number of sulfonamides is 1. The monoisotopic (exact) mass is 320 g/mol. The lowest BCUT2D eigenvalue weighted by Gasteiger charge is -2.10. The molecular weight excluding hydrogens is 304 g/mol. The lowest BCUT2D eigenvalue weighted by molar-refractivity contribution is -0.385. The van der Waals surface area contributed by atoms with E-state index in [1.54, 1.807) is 0 Å². The minimum absolute atomic E-state index is 0.0570. The Kier molecular flexibility index (Phi) is 6.49. The fraction of sp³-hybridized carbons (Fsp3) is 0.455. The summed E-state index contributed by atoms with van der Waals surface area (Å²) in [5.41, 5.74) is -0.386. The molecule has 1 aromatic carbocycles. The van der Waals surface area contributed by atoms with Gasteiger partial charge in [0.05, 0.1) is 24.7 Å². The van der Waals surface area contributed by atoms with Crippen LogP contribution in [0.15, 0.2) is 23.1 Å². The number of rotatable bonds is 9. The van der Waals surface area contributed by atoms with Crippen LogP contribution in [0.3, 0.4) is 0 Å². The molecule has 0 radical (unpaired) electrons. The molecule has 10 heteroatoms. The Morgan fingerprint density at radius 3 is 2.48 bits per heavy atom. The highest BCUT2D eigenvalue weighted by Gasteiger charge is 2.20. The Bertz CT molecular complexity index is 588. The summed E-state index contributed by atoms with van der Waals surface area (Å²) >= 11 is 0. The molecule has 0 atom stereocenters. The maximum absolute atomic E-state index is 11.4. The normalized spacial score (nSPS) is 11.3. The molecule has 0 bridgehead atoms. The summed E-state index contributed by atoms with van der Waals surface area (Å²) < 4.78 is 38.0. The third kappa shape index (κ3) is 5.63. The van der Waals surface area contributed by atoms with Crippen LogP contribution in [0.25, 0.3) is 0 Å². The van der Waals surface area contributed by atoms with Crippen LogP contribution in [0.2, 0.25) is 0 Å². The number of hydrogen-bond acceptors (Lipinski definition) is 7. The van der Waals surface area contributed by atoms with Gasteiger partial charge in [0.25, 0.3) is 5.69 Å². The Morgan fingerprint density at radius 2 is 1.90 bits per heavy atom. The van der Waals surface area contributed by atoms with E-state index in [1.165, 1.54) is 13.2 Å². The van der Waals surface area contributed by atoms with E-state index in [0.29, 0.717) is 13.2 Å². The van der Waals surface area contributed by atoms with Crippen molar-refractivity contribution >= 4 is 15.7 Å². The van der Waals surface area contributed by atoms with Gasteiger partial charge in [-0.3, -0.25) is 10.1 Å². The first-order valence-corrected chi connectivity index (χ1v) is 7.41. The highest BCUT2D eigenvalue weighted by Crippen LogP contribution is 2.27. The standard InChI is InChI=1S/C11H16N2O7S/c1-18-4-5-19-6-7-20-10-3-2-9(13(14)15)8-11(10)21(12,16)17/h2-3,8H,4-7H2,1H3,(H2,12,16,17). The quantitative estimate of drug-likeness (QED) is 0.393. The molecular formula is C11H16N2O7S. The van der Waals surface area contributed by atoms with Gasteiger partial charge in [0.1, 0.15) is 17.3 Å². The third-order valence-electron chi connectivity index (χ3n) is 2.36. The molecule has 0 aliphatic carbocycles. The van der Waals surface area contributed by atoms with E-state index in [9.17, 15) is 18.5 Å². The zero-order valence-corrected chi connectivity index (χ0v) is 12.2. The number of nitrogens with zero attached hydrogens (tertiary/aromatic N) is 1. The maximum Gasteiger partial charge on any atom is 0.271 e. The zero-order valence-electron chi connectivity index (χ0n) is 11.4. The lowest BCUT2D eigenvalue weighted by atomic mass is 10.3. The summed E-state index contributed by atoms with van der Waals surface area (Å²) in [4.78, 5) is 9.50. The first kappa shape index (κ1) is 17.3. The number of methoxy groups -OCH3 is 1. The van der Waals surface area contributed by atoms with Gasteiger partial charge in [0.15, 0.2) is 0 Å². The van der Waals surface area contributed by atoms with Crippen LogP contribution in [0.4, 0.5) is 5.69 Å². The second-order valence-electron chi connectivity index (χ2n) is 3.89. The van der Waals surface area contributed by atoms with E-state index in [0.717, 1.165) is 12.1 Å². The van der Waals surface area contributed by atoms with Gasteiger partial charge < -0.3 is 14.2 Å². The molecule has 0 aromatic heterocycles. The van der Waals surface area contributed by atoms with Crippen LogP contribution < -0.4 is 9.88 Å². The van der Waals surface area contributed by atoms with Crippen molar-refractivity contribution in [2.45, 2.75) is 4.90 Å². The van der Waals surface area contributed by atoms with Crippen molar-refractivity contribution in [3.8, 4) is 5.75 Å². The van der Waals surface area contributed by atoms with Crippen LogP contribution in [0, 0.1) is 10.1 Å². The number of primary sulfonamides is 1. The molecule has 9 nitrogen and oxygen atoms in total. The summed E-state index contributed by atoms with van der Waals surface area (Å²) in [5, 5.41) is 15.7. The highest BCUT2D eigenvalue weighted by molar-refractivity contribution is 7.89. The van der Waals surface area contributed by atoms with Gasteiger partial charge in [-0.05, 0) is 6.07 Å². The Balaban J connectivity index is 2.75. The summed E-state index contributed by atoms with van der Waals surface area (Å²) in [6.07, 6.45) is 0. The first-order chi connectivity index (χ1) is 9.86. The molecule has 118 valence electrons. The highest BCUT2D eigenvalue weighted by atomic mass is 32.2. The molecule has 0 spiro atoms. The molecule has 0 heterocycles. The first-order valence-electron chi connectivity index (χ1n) is 5.87. The number of nitro groups is 1. The lowest BCUT2D eigenvalue weighted by Crippen LogP contribution is -2.16. The van der Waals surface area contributed by atoms with Crippen LogP contribution in [-0.4, -0.2) is 46.9 Å². The van der Waals surface area contributed by atoms with Crippen molar-refractivity contribution in [3.63, 3.8) is 0 Å². The number of non-ortho nitro benzene ring substituents is 1. The number of benzene rings is 1. The van der Waals surface area contributed by atoms with Gasteiger partial charge in [0.2, 0.25) is 10.0 Å². The van der Waals surface area contributed by atoms with E-state index in [4.69, 9.17) is 19.3 Å². The molecule has 1 rings (SSSR count). The largest absolute Gasteiger partial charge is 0.490 e. The predicted octanol–water partition coefficient (Wildman–Crippen LogP) is 0.284. The van der Waals surface area contributed by atoms with E-state index in [2.05, 4.69) is 0 Å². The summed E-state index contributed by atoms with van der Waals surface area (Å²) in [7, 11) is -2.59. The van der Waals surface area contributed by atoms with Crippen LogP contribution in [-0.2, 0) is 19.5 Å². The van der Waals surface area contributed by atoms with Crippen LogP contribution in [0.5, 0.6) is 5.75 Å². The van der Waals surface area contributed by atoms with Gasteiger partial charge in [-0.1, -0.05) is 0 Å². The van der Waals surface area contributed by atoms with Gasteiger partial charge in [-0.25, -0.2) is 13.6 Å². The van der Waals surface area contributed by atoms with Crippen molar-refractivity contribution in [1.29, 1.82) is 0 Å². The molecule has 0 unspecified atom stereocenters. The third-order valence-corrected chi connectivity index (χ3v) is 3.29. The van der Waals surface area contributed by atoms with E-state index >= 15 is 0 Å². The van der Waals surface area contributed by atoms with Crippen molar-refractivity contribution in [3.05, 3.63) is 28.3 Å². The van der Waals surface area contributed by atoms with Crippen molar-refractivity contribution < 1.29 is 27.6 Å². The SMILES string of the molecule is COCCOCCOc1ccc([N+](=O)[O-])cc1S(N)(=O)=O. The fourth-order valence-corrected chi connectivity index (χ4v) is 2.10. The second-order valence-corrected chi connectivity index (χ2v) is 5.42. The van der Waals surface area contributed by atoms with Crippen molar-refractivity contribution in [1.82, 2.24) is 0 Å². The molecule has 0 saturated carbocycles. The number of ether oxygens (including phenoxy) is 3. The molecule has 21 heavy (non-hydrogen) atoms. The summed E-state index contributed by atoms with van der Waals surface area (Å²) in [6.45, 7) is 1.09. The second kappa shape index (κ2) is 7.88. The minimum Gasteiger partial charge on any atom is -0.490 e. The fourth-order valence-electron chi connectivity index (χ4n) is 1.41. The maximum atomic E-state index is 11.4. The molecule has 0 saturated heterocycles. The minimum atomic E-state index is -4.13. The van der Waals surface area contributed by atoms with Crippen molar-refractivity contribution in [2.24, 2.45) is 5.14 Å². The Hall–Kier alpha value is -1.75. The molecule has 0 fully saturated rings. The van der Waals surface area contributed by atoms with Gasteiger partial charge in [-0.2, -0.15) is 0 Å². The van der Waals surface area contributed by atoms with Crippen LogP contribution >= 0.6 is 0 Å². The summed E-state index contributed by atoms with van der Waals surface area (Å²) in [5.74, 6) is -0.0570. The van der Waals surface area contributed by atoms with E-state index < -0.39 is 19.8 Å². The van der Waals surface area contributed by atoms with E-state index in [-0.39, 0.29) is 24.7 Å². The smallest absolute Gasteiger partial charge is 0.271 e. The van der Waals surface area contributed by atoms with Crippen molar-refractivity contribution in [2.75, 3.05) is 33.5 Å². The van der Waals surface area contributed by atoms with Gasteiger partial charge in [-0.15, -0.1) is 0 Å². The van der Waals surface area contributed by atoms with Crippen LogP contribution in [0.1, 0.15) is 0 Å². The summed E-state index contributed by atoms with van der Waals surface area (Å²) in [6, 6.07) is 3.18. The molecule has 2 N–H and O–H groups in total. The van der Waals surface area contributed by atoms with E-state index in [1.807, 2.05) is 0 Å². The number of nitro benzene ring substituents is 1. The van der Waals surface area contributed by atoms with Gasteiger partial charge >= 0.3 is 0 Å². The molecule has 1 aromatic rings. The molecule has 0 aliphatic rings. The average molecular weight is 320 g/mol. The van der Waals surface area contributed by atoms with Gasteiger partial charge in [0, 0.05) is 19.2 Å². The molecule has 0 aliphatic heterocycles. The number of hydrogen-bond donors (Lipinski definition) is 1. The average Bonchev–Trinajstić information content (AvgIpc) is 2.41.